The van der Waals surface area contributed by atoms with Gasteiger partial charge < -0.3 is 4.90 Å². The number of piperidine rings is 1. The van der Waals surface area contributed by atoms with Gasteiger partial charge in [0, 0.05) is 18.7 Å². The van der Waals surface area contributed by atoms with Gasteiger partial charge in [-0.25, -0.2) is 4.98 Å². The van der Waals surface area contributed by atoms with Crippen molar-refractivity contribution in [1.29, 1.82) is 0 Å². The molecule has 146 valence electrons. The zero-order valence-electron chi connectivity index (χ0n) is 13.8. The summed E-state index contributed by atoms with van der Waals surface area (Å²) in [7, 11) is 0. The number of carbonyl (C=O) groups is 1. The predicted molar refractivity (Wildman–Crippen MR) is 88.0 cm³/mol. The van der Waals surface area contributed by atoms with Crippen molar-refractivity contribution < 1.29 is 31.1 Å². The number of anilines is 1. The molecule has 0 unspecified atom stereocenters. The molecule has 3 nitrogen and oxygen atoms in total. The Bertz CT molecular complexity index is 821. The average Bonchev–Trinajstić information content (AvgIpc) is 3.10. The maximum Gasteiger partial charge on any atom is 0.416 e. The Labute approximate surface area is 154 Å². The Kier molecular flexibility index (Phi) is 5.20. The van der Waals surface area contributed by atoms with Gasteiger partial charge in [0.1, 0.15) is 0 Å². The molecule has 0 bridgehead atoms. The van der Waals surface area contributed by atoms with Crippen LogP contribution in [0.15, 0.2) is 30.5 Å². The lowest BCUT2D eigenvalue weighted by Gasteiger charge is -2.32. The molecule has 10 heteroatoms. The van der Waals surface area contributed by atoms with E-state index in [4.69, 9.17) is 0 Å². The van der Waals surface area contributed by atoms with Crippen LogP contribution in [0.1, 0.15) is 33.6 Å². The van der Waals surface area contributed by atoms with Crippen LogP contribution < -0.4 is 4.90 Å². The molecule has 0 N–H and O–H groups in total. The first kappa shape index (κ1) is 19.7. The van der Waals surface area contributed by atoms with E-state index < -0.39 is 29.6 Å². The summed E-state index contributed by atoms with van der Waals surface area (Å²) in [6.07, 6.45) is -7.64. The average molecular weight is 408 g/mol. The van der Waals surface area contributed by atoms with Crippen LogP contribution in [-0.2, 0) is 6.18 Å². The van der Waals surface area contributed by atoms with Gasteiger partial charge in [0.25, 0.3) is 0 Å². The van der Waals surface area contributed by atoms with Gasteiger partial charge in [-0.1, -0.05) is 23.5 Å². The predicted octanol–water partition coefficient (Wildman–Crippen LogP) is 5.17. The van der Waals surface area contributed by atoms with Crippen molar-refractivity contribution in [3.05, 3.63) is 46.5 Å². The molecule has 1 aliphatic heterocycles. The van der Waals surface area contributed by atoms with Crippen LogP contribution in [0.25, 0.3) is 0 Å². The number of hydrogen-bond acceptors (Lipinski definition) is 4. The van der Waals surface area contributed by atoms with E-state index in [1.54, 1.807) is 4.90 Å². The summed E-state index contributed by atoms with van der Waals surface area (Å²) in [6, 6.07) is 4.09. The maximum absolute atomic E-state index is 12.8. The molecule has 3 rings (SSSR count). The van der Waals surface area contributed by atoms with Crippen LogP contribution >= 0.6 is 11.3 Å². The van der Waals surface area contributed by atoms with E-state index in [2.05, 4.69) is 4.98 Å². The van der Waals surface area contributed by atoms with Crippen LogP contribution in [0.4, 0.5) is 31.5 Å². The second-order valence-corrected chi connectivity index (χ2v) is 7.23. The Morgan fingerprint density at radius 2 is 1.78 bits per heavy atom. The highest BCUT2D eigenvalue weighted by Gasteiger charge is 2.41. The molecule has 0 aliphatic carbocycles. The Balaban J connectivity index is 1.72. The van der Waals surface area contributed by atoms with E-state index in [0.717, 1.165) is 29.5 Å². The Morgan fingerprint density at radius 1 is 1.11 bits per heavy atom. The number of nitrogens with zero attached hydrogens (tertiary/aromatic N) is 2. The normalized spacial score (nSPS) is 16.6. The van der Waals surface area contributed by atoms with Gasteiger partial charge in [-0.05, 0) is 25.0 Å². The third kappa shape index (κ3) is 4.42. The molecular formula is C17H14F6N2OS. The van der Waals surface area contributed by atoms with Crippen molar-refractivity contribution >= 4 is 22.3 Å². The van der Waals surface area contributed by atoms with Crippen molar-refractivity contribution in [2.24, 2.45) is 5.92 Å². The fourth-order valence-corrected chi connectivity index (χ4v) is 3.82. The molecule has 0 atom stereocenters. The molecule has 1 aromatic heterocycles. The number of ketones is 1. The monoisotopic (exact) mass is 408 g/mol. The number of benzene rings is 1. The quantitative estimate of drug-likeness (QED) is 0.519. The highest BCUT2D eigenvalue weighted by molar-refractivity contribution is 7.17. The first-order chi connectivity index (χ1) is 12.6. The standard InChI is InChI=1S/C17H14F6N2OS/c18-16(19,20)11-4-6-25(7-5-11)15-24-9-13(27-15)14(26)10-2-1-3-12(8-10)17(21,22)23/h1-3,8-9,11H,4-7H2. The number of alkyl halides is 6. The molecule has 2 heterocycles. The number of hydrogen-bond donors (Lipinski definition) is 0. The number of rotatable bonds is 3. The van der Waals surface area contributed by atoms with Gasteiger partial charge in [-0.2, -0.15) is 26.3 Å². The third-order valence-electron chi connectivity index (χ3n) is 4.40. The summed E-state index contributed by atoms with van der Waals surface area (Å²) in [4.78, 5) is 18.3. The fraction of sp³-hybridized carbons (Fsp3) is 0.412. The first-order valence-corrected chi connectivity index (χ1v) is 8.87. The topological polar surface area (TPSA) is 33.2 Å². The SMILES string of the molecule is O=C(c1cccc(C(F)(F)F)c1)c1cnc(N2CCC(C(F)(F)F)CC2)s1. The summed E-state index contributed by atoms with van der Waals surface area (Å²) in [5, 5.41) is 0.394. The first-order valence-electron chi connectivity index (χ1n) is 8.05. The maximum atomic E-state index is 12.8. The molecule has 1 saturated heterocycles. The van der Waals surface area contributed by atoms with Crippen molar-refractivity contribution in [2.75, 3.05) is 18.0 Å². The van der Waals surface area contributed by atoms with Gasteiger partial charge in [0.2, 0.25) is 5.78 Å². The molecule has 0 radical (unpaired) electrons. The van der Waals surface area contributed by atoms with Crippen molar-refractivity contribution in [1.82, 2.24) is 4.98 Å². The summed E-state index contributed by atoms with van der Waals surface area (Å²) in [5.74, 6) is -1.95. The van der Waals surface area contributed by atoms with Gasteiger partial charge in [-0.15, -0.1) is 0 Å². The molecule has 0 amide bonds. The van der Waals surface area contributed by atoms with Gasteiger partial charge >= 0.3 is 12.4 Å². The minimum Gasteiger partial charge on any atom is -0.348 e. The summed E-state index contributed by atoms with van der Waals surface area (Å²) < 4.78 is 76.6. The van der Waals surface area contributed by atoms with Crippen molar-refractivity contribution in [3.8, 4) is 0 Å². The fourth-order valence-electron chi connectivity index (χ4n) is 2.89. The smallest absolute Gasteiger partial charge is 0.348 e. The van der Waals surface area contributed by atoms with E-state index in [0.29, 0.717) is 5.13 Å². The lowest BCUT2D eigenvalue weighted by atomic mass is 9.97. The van der Waals surface area contributed by atoms with Crippen molar-refractivity contribution in [3.63, 3.8) is 0 Å². The zero-order valence-corrected chi connectivity index (χ0v) is 14.6. The van der Waals surface area contributed by atoms with E-state index in [-0.39, 0.29) is 36.4 Å². The minimum atomic E-state index is -4.56. The highest BCUT2D eigenvalue weighted by Crippen LogP contribution is 2.36. The van der Waals surface area contributed by atoms with Gasteiger partial charge in [0.05, 0.1) is 22.6 Å². The van der Waals surface area contributed by atoms with E-state index in [1.165, 1.54) is 12.3 Å². The summed E-state index contributed by atoms with van der Waals surface area (Å²) in [6.45, 7) is 0.323. The number of carbonyl (C=O) groups excluding carboxylic acids is 1. The molecule has 0 saturated carbocycles. The molecule has 1 aromatic carbocycles. The van der Waals surface area contributed by atoms with E-state index in [9.17, 15) is 31.1 Å². The molecule has 1 aliphatic rings. The third-order valence-corrected chi connectivity index (χ3v) is 5.45. The van der Waals surface area contributed by atoms with Gasteiger partial charge in [0.15, 0.2) is 5.13 Å². The van der Waals surface area contributed by atoms with Crippen molar-refractivity contribution in [2.45, 2.75) is 25.2 Å². The summed E-state index contributed by atoms with van der Waals surface area (Å²) >= 11 is 0.967. The van der Waals surface area contributed by atoms with E-state index in [1.807, 2.05) is 0 Å². The minimum absolute atomic E-state index is 0.0556. The van der Waals surface area contributed by atoms with Gasteiger partial charge in [-0.3, -0.25) is 4.79 Å². The molecule has 0 spiro atoms. The Morgan fingerprint density at radius 3 is 2.37 bits per heavy atom. The molecule has 2 aromatic rings. The van der Waals surface area contributed by atoms with Crippen LogP contribution in [-0.4, -0.2) is 30.0 Å². The zero-order chi connectivity index (χ0) is 19.8. The lowest BCUT2D eigenvalue weighted by molar-refractivity contribution is -0.179. The van der Waals surface area contributed by atoms with Crippen LogP contribution in [0.2, 0.25) is 0 Å². The van der Waals surface area contributed by atoms with Crippen LogP contribution in [0, 0.1) is 5.92 Å². The number of halogens is 6. The highest BCUT2D eigenvalue weighted by atomic mass is 32.1. The second kappa shape index (κ2) is 7.14. The van der Waals surface area contributed by atoms with Crippen LogP contribution in [0.5, 0.6) is 0 Å². The largest absolute Gasteiger partial charge is 0.416 e. The molecule has 27 heavy (non-hydrogen) atoms. The Hall–Kier alpha value is -2.10. The lowest BCUT2D eigenvalue weighted by Crippen LogP contribution is -2.38. The number of thiazole rings is 1. The van der Waals surface area contributed by atoms with E-state index >= 15 is 0 Å². The second-order valence-electron chi connectivity index (χ2n) is 6.22. The molecular weight excluding hydrogens is 394 g/mol. The summed E-state index contributed by atoms with van der Waals surface area (Å²) in [5.41, 5.74) is -1.04. The number of aromatic nitrogens is 1. The van der Waals surface area contributed by atoms with Crippen LogP contribution in [0.3, 0.4) is 0 Å². The molecule has 1 fully saturated rings.